The van der Waals surface area contributed by atoms with Gasteiger partial charge in [-0.2, -0.15) is 0 Å². The first kappa shape index (κ1) is 41.0. The fraction of sp³-hybridized carbons (Fsp3) is 0.0308. The molecule has 10 aromatic carbocycles. The Labute approximate surface area is 412 Å². The highest BCUT2D eigenvalue weighted by molar-refractivity contribution is 7.03. The Morgan fingerprint density at radius 1 is 0.310 bits per heavy atom. The molecule has 0 atom stereocenters. The molecule has 13 aromatic rings. The highest BCUT2D eigenvalue weighted by Gasteiger charge is 2.37. The van der Waals surface area contributed by atoms with Gasteiger partial charge in [0, 0.05) is 43.9 Å². The van der Waals surface area contributed by atoms with Crippen LogP contribution in [0.15, 0.2) is 237 Å². The average molecular weight is 924 g/mol. The summed E-state index contributed by atoms with van der Waals surface area (Å²) in [4.78, 5) is 16.2. The quantitative estimate of drug-likeness (QED) is 0.150. The fourth-order valence-electron chi connectivity index (χ4n) is 11.5. The van der Waals surface area contributed by atoms with Crippen LogP contribution in [0.2, 0.25) is 13.1 Å². The second kappa shape index (κ2) is 16.1. The molecule has 71 heavy (non-hydrogen) atoms. The first-order chi connectivity index (χ1) is 35.0. The van der Waals surface area contributed by atoms with Gasteiger partial charge < -0.3 is 9.13 Å². The molecule has 6 heteroatoms. The summed E-state index contributed by atoms with van der Waals surface area (Å²) in [5.74, 6) is 1.91. The van der Waals surface area contributed by atoms with Gasteiger partial charge in [0.15, 0.2) is 17.5 Å². The van der Waals surface area contributed by atoms with Crippen molar-refractivity contribution in [3.05, 3.63) is 237 Å². The molecule has 0 spiro atoms. The number of fused-ring (bicyclic) bond motifs is 9. The number of aromatic nitrogens is 5. The molecule has 5 nitrogen and oxygen atoms in total. The van der Waals surface area contributed by atoms with Gasteiger partial charge in [-0.1, -0.05) is 201 Å². The number of hydrogen-bond donors (Lipinski definition) is 0. The lowest BCUT2D eigenvalue weighted by Crippen LogP contribution is -2.49. The van der Waals surface area contributed by atoms with E-state index in [9.17, 15) is 0 Å². The van der Waals surface area contributed by atoms with Crippen molar-refractivity contribution < 1.29 is 0 Å². The Balaban J connectivity index is 0.977. The van der Waals surface area contributed by atoms with Crippen LogP contribution in [0.4, 0.5) is 0 Å². The number of benzene rings is 10. The highest BCUT2D eigenvalue weighted by Crippen LogP contribution is 2.45. The number of rotatable bonds is 7. The first-order valence-corrected chi connectivity index (χ1v) is 27.4. The van der Waals surface area contributed by atoms with Crippen molar-refractivity contribution in [3.8, 4) is 78.9 Å². The molecule has 0 saturated carbocycles. The fourth-order valence-corrected chi connectivity index (χ4v) is 14.6. The number of nitrogens with zero attached hydrogens (tertiary/aromatic N) is 5. The molecule has 3 aromatic heterocycles. The van der Waals surface area contributed by atoms with E-state index in [0.29, 0.717) is 17.5 Å². The van der Waals surface area contributed by atoms with Crippen LogP contribution >= 0.6 is 0 Å². The predicted octanol–water partition coefficient (Wildman–Crippen LogP) is 15.2. The Morgan fingerprint density at radius 3 is 1.48 bits per heavy atom. The molecule has 0 amide bonds. The molecule has 1 aliphatic heterocycles. The molecule has 334 valence electrons. The first-order valence-electron chi connectivity index (χ1n) is 24.4. The molecular formula is C65H45N5Si. The van der Waals surface area contributed by atoms with Crippen molar-refractivity contribution in [2.45, 2.75) is 13.1 Å². The van der Waals surface area contributed by atoms with Crippen LogP contribution < -0.4 is 10.4 Å². The van der Waals surface area contributed by atoms with Gasteiger partial charge in [0.1, 0.15) is 8.07 Å². The van der Waals surface area contributed by atoms with Crippen molar-refractivity contribution in [1.82, 2.24) is 24.1 Å². The van der Waals surface area contributed by atoms with Gasteiger partial charge in [0.2, 0.25) is 0 Å². The predicted molar refractivity (Wildman–Crippen MR) is 298 cm³/mol. The van der Waals surface area contributed by atoms with E-state index >= 15 is 0 Å². The molecule has 0 aliphatic carbocycles. The topological polar surface area (TPSA) is 48.5 Å². The second-order valence-corrected chi connectivity index (χ2v) is 23.5. The van der Waals surface area contributed by atoms with Crippen molar-refractivity contribution in [2.24, 2.45) is 0 Å². The monoisotopic (exact) mass is 923 g/mol. The van der Waals surface area contributed by atoms with Crippen molar-refractivity contribution >= 4 is 62.1 Å². The Hall–Kier alpha value is -8.97. The third kappa shape index (κ3) is 6.42. The minimum Gasteiger partial charge on any atom is -0.309 e. The minimum atomic E-state index is -1.99. The third-order valence-electron chi connectivity index (χ3n) is 14.8. The van der Waals surface area contributed by atoms with E-state index in [-0.39, 0.29) is 0 Å². The highest BCUT2D eigenvalue weighted by atomic mass is 28.3. The van der Waals surface area contributed by atoms with Crippen molar-refractivity contribution in [1.29, 1.82) is 0 Å². The maximum Gasteiger partial charge on any atom is 0.166 e. The minimum absolute atomic E-state index is 0.619. The molecule has 4 heterocycles. The average Bonchev–Trinajstić information content (AvgIpc) is 4.04. The molecule has 0 bridgehead atoms. The number of para-hydroxylation sites is 4. The van der Waals surface area contributed by atoms with E-state index in [1.54, 1.807) is 0 Å². The zero-order chi connectivity index (χ0) is 47.2. The van der Waals surface area contributed by atoms with E-state index in [2.05, 4.69) is 259 Å². The molecule has 0 radical (unpaired) electrons. The SMILES string of the molecule is C[Si]1(C)c2ccccc2-c2ccc(-c3nc(-c4ccc(-c5ccccc5)cc4)nc(-c4ccccc4-n4c5ccccc5c5c(-c6cccc7c6c6ccccc6n7-c6ccccc6)cccc54)n3)cc21. The largest absolute Gasteiger partial charge is 0.309 e. The maximum absolute atomic E-state index is 5.45. The maximum atomic E-state index is 5.45. The molecule has 14 rings (SSSR count). The summed E-state index contributed by atoms with van der Waals surface area (Å²) < 4.78 is 4.81. The van der Waals surface area contributed by atoms with Gasteiger partial charge in [-0.25, -0.2) is 15.0 Å². The smallest absolute Gasteiger partial charge is 0.166 e. The third-order valence-corrected chi connectivity index (χ3v) is 18.4. The van der Waals surface area contributed by atoms with Gasteiger partial charge in [0.05, 0.1) is 27.8 Å². The molecule has 0 N–H and O–H groups in total. The van der Waals surface area contributed by atoms with Crippen LogP contribution in [0, 0.1) is 0 Å². The lowest BCUT2D eigenvalue weighted by Gasteiger charge is -2.19. The summed E-state index contributed by atoms with van der Waals surface area (Å²) >= 11 is 0. The zero-order valence-corrected chi connectivity index (χ0v) is 40.3. The van der Waals surface area contributed by atoms with Gasteiger partial charge in [-0.3, -0.25) is 0 Å². The molecule has 0 saturated heterocycles. The molecule has 0 fully saturated rings. The van der Waals surface area contributed by atoms with Gasteiger partial charge in [-0.15, -0.1) is 0 Å². The summed E-state index contributed by atoms with van der Waals surface area (Å²) in [6, 6.07) is 85.3. The van der Waals surface area contributed by atoms with Crippen LogP contribution in [0.3, 0.4) is 0 Å². The lowest BCUT2D eigenvalue weighted by molar-refractivity contribution is 1.06. The normalized spacial score (nSPS) is 12.8. The van der Waals surface area contributed by atoms with Crippen molar-refractivity contribution in [2.75, 3.05) is 0 Å². The molecular weight excluding hydrogens is 879 g/mol. The van der Waals surface area contributed by atoms with E-state index in [4.69, 9.17) is 15.0 Å². The van der Waals surface area contributed by atoms with Crippen molar-refractivity contribution in [3.63, 3.8) is 0 Å². The Morgan fingerprint density at radius 2 is 0.775 bits per heavy atom. The Kier molecular flexibility index (Phi) is 9.28. The lowest BCUT2D eigenvalue weighted by atomic mass is 9.95. The van der Waals surface area contributed by atoms with Crippen LogP contribution in [0.1, 0.15) is 0 Å². The van der Waals surface area contributed by atoms with E-state index in [1.165, 1.54) is 70.8 Å². The Bertz CT molecular complexity index is 4250. The van der Waals surface area contributed by atoms with Gasteiger partial charge in [-0.05, 0) is 92.3 Å². The molecule has 0 unspecified atom stereocenters. The summed E-state index contributed by atoms with van der Waals surface area (Å²) in [6.07, 6.45) is 0. The summed E-state index contributed by atoms with van der Waals surface area (Å²) in [7, 11) is -1.99. The van der Waals surface area contributed by atoms with Crippen LogP contribution in [-0.2, 0) is 0 Å². The number of hydrogen-bond acceptors (Lipinski definition) is 3. The second-order valence-electron chi connectivity index (χ2n) is 19.1. The van der Waals surface area contributed by atoms with E-state index in [0.717, 1.165) is 44.7 Å². The van der Waals surface area contributed by atoms with E-state index in [1.807, 2.05) is 0 Å². The van der Waals surface area contributed by atoms with Crippen LogP contribution in [-0.4, -0.2) is 32.2 Å². The zero-order valence-electron chi connectivity index (χ0n) is 39.3. The summed E-state index contributed by atoms with van der Waals surface area (Å²) in [5.41, 5.74) is 16.9. The van der Waals surface area contributed by atoms with Gasteiger partial charge >= 0.3 is 0 Å². The standard InChI is InChI=1S/C65H45N5Si/c1-71(2)59-34-16-12-23-47(59)48-40-39-45(41-60(48)71)64-66-63(44-37-35-43(36-38-44)42-19-5-3-6-20-42)67-65(68-64)53-26-11-15-31-56(53)70-55-30-14-10-25-52(55)62-50(28-18-33-58(62)70)49-27-17-32-57-61(49)51-24-9-13-29-54(51)69(57)46-21-7-4-8-22-46/h3-41H,1-2H3. The summed E-state index contributed by atoms with van der Waals surface area (Å²) in [6.45, 7) is 4.91. The van der Waals surface area contributed by atoms with Gasteiger partial charge in [0.25, 0.3) is 0 Å². The summed E-state index contributed by atoms with van der Waals surface area (Å²) in [5, 5.41) is 7.72. The van der Waals surface area contributed by atoms with Crippen LogP contribution in [0.5, 0.6) is 0 Å². The van der Waals surface area contributed by atoms with E-state index < -0.39 is 8.07 Å². The van der Waals surface area contributed by atoms with Crippen LogP contribution in [0.25, 0.3) is 123 Å². The molecule has 1 aliphatic rings.